The summed E-state index contributed by atoms with van der Waals surface area (Å²) in [5, 5.41) is 14.4. The van der Waals surface area contributed by atoms with Gasteiger partial charge in [-0.15, -0.1) is 0 Å². The Kier molecular flexibility index (Phi) is 8.05. The van der Waals surface area contributed by atoms with Crippen LogP contribution in [0.25, 0.3) is 0 Å². The zero-order chi connectivity index (χ0) is 24.0. The molecule has 180 valence electrons. The van der Waals surface area contributed by atoms with Crippen LogP contribution in [0.3, 0.4) is 0 Å². The number of urea groups is 1. The van der Waals surface area contributed by atoms with Crippen LogP contribution in [0.15, 0.2) is 18.2 Å². The summed E-state index contributed by atoms with van der Waals surface area (Å²) in [4.78, 5) is 25.9. The van der Waals surface area contributed by atoms with E-state index in [1.807, 2.05) is 0 Å². The van der Waals surface area contributed by atoms with E-state index >= 15 is 0 Å². The number of carboxylic acid groups (broad SMARTS) is 1. The minimum atomic E-state index is -4.70. The fourth-order valence-corrected chi connectivity index (χ4v) is 3.66. The summed E-state index contributed by atoms with van der Waals surface area (Å²) < 4.78 is 66.2. The molecule has 1 saturated heterocycles. The van der Waals surface area contributed by atoms with Crippen LogP contribution in [-0.4, -0.2) is 65.8 Å². The average Bonchev–Trinajstić information content (AvgIpc) is 3.15. The number of nitrogens with one attached hydrogen (secondary N) is 2. The molecule has 1 fully saturated rings. The third-order valence-electron chi connectivity index (χ3n) is 4.66. The first kappa shape index (κ1) is 24.7. The maximum absolute atomic E-state index is 14.0. The number of aromatic nitrogens is 1. The normalized spacial score (nSPS) is 14.7. The van der Waals surface area contributed by atoms with Crippen molar-refractivity contribution in [3.8, 4) is 5.88 Å². The molecule has 1 aromatic heterocycles. The summed E-state index contributed by atoms with van der Waals surface area (Å²) in [7, 11) is 0. The number of anilines is 1. The van der Waals surface area contributed by atoms with Gasteiger partial charge in [0.2, 0.25) is 5.88 Å². The van der Waals surface area contributed by atoms with Gasteiger partial charge < -0.3 is 19.9 Å². The lowest BCUT2D eigenvalue weighted by atomic mass is 10.1. The molecule has 3 N–H and O–H groups in total. The maximum Gasteiger partial charge on any atom is 0.416 e. The Morgan fingerprint density at radius 3 is 2.64 bits per heavy atom. The fraction of sp³-hybridized carbons (Fsp3) is 0.421. The highest BCUT2D eigenvalue weighted by Crippen LogP contribution is 2.32. The number of rotatable bonds is 8. The molecule has 0 unspecified atom stereocenters. The molecule has 0 aliphatic carbocycles. The van der Waals surface area contributed by atoms with E-state index in [0.29, 0.717) is 50.0 Å². The maximum atomic E-state index is 14.0. The lowest BCUT2D eigenvalue weighted by Gasteiger charge is -2.26. The Morgan fingerprint density at radius 1 is 1.27 bits per heavy atom. The van der Waals surface area contributed by atoms with Gasteiger partial charge in [-0.1, -0.05) is 6.07 Å². The molecule has 0 spiro atoms. The average molecular weight is 492 g/mol. The summed E-state index contributed by atoms with van der Waals surface area (Å²) in [5.74, 6) is -3.00. The van der Waals surface area contributed by atoms with E-state index in [9.17, 15) is 32.3 Å². The van der Waals surface area contributed by atoms with Crippen LogP contribution in [0.2, 0.25) is 0 Å². The number of carboxylic acids is 1. The van der Waals surface area contributed by atoms with Gasteiger partial charge in [0, 0.05) is 31.7 Å². The van der Waals surface area contributed by atoms with E-state index in [4.69, 9.17) is 9.47 Å². The van der Waals surface area contributed by atoms with Gasteiger partial charge in [0.05, 0.1) is 18.8 Å². The van der Waals surface area contributed by atoms with Crippen LogP contribution in [0, 0.1) is 5.82 Å². The van der Waals surface area contributed by atoms with Crippen LogP contribution in [0.5, 0.6) is 5.88 Å². The predicted octanol–water partition coefficient (Wildman–Crippen LogP) is 3.03. The second-order valence-corrected chi connectivity index (χ2v) is 7.70. The molecule has 2 heterocycles. The van der Waals surface area contributed by atoms with Crippen molar-refractivity contribution < 1.29 is 41.7 Å². The molecule has 1 aliphatic heterocycles. The van der Waals surface area contributed by atoms with Crippen molar-refractivity contribution >= 4 is 28.5 Å². The lowest BCUT2D eigenvalue weighted by molar-refractivity contribution is -0.137. The first-order chi connectivity index (χ1) is 15.6. The van der Waals surface area contributed by atoms with Crippen LogP contribution in [-0.2, 0) is 17.5 Å². The number of ether oxygens (including phenoxy) is 2. The van der Waals surface area contributed by atoms with Crippen LogP contribution < -0.4 is 15.4 Å². The predicted molar refractivity (Wildman–Crippen MR) is 109 cm³/mol. The number of benzene rings is 1. The number of hydrogen-bond acceptors (Lipinski definition) is 7. The number of morpholine rings is 1. The van der Waals surface area contributed by atoms with Crippen molar-refractivity contribution in [3.63, 3.8) is 0 Å². The Balaban J connectivity index is 1.59. The molecule has 1 aromatic carbocycles. The first-order valence-corrected chi connectivity index (χ1v) is 10.5. The quantitative estimate of drug-likeness (QED) is 0.486. The van der Waals surface area contributed by atoms with Crippen molar-refractivity contribution in [1.82, 2.24) is 14.6 Å². The molecular formula is C19H20F4N4O5S. The van der Waals surface area contributed by atoms with E-state index in [1.165, 1.54) is 0 Å². The zero-order valence-electron chi connectivity index (χ0n) is 17.1. The van der Waals surface area contributed by atoms with Crippen LogP contribution in [0.1, 0.15) is 21.5 Å². The van der Waals surface area contributed by atoms with Crippen molar-refractivity contribution in [3.05, 3.63) is 40.7 Å². The SMILES string of the molecule is O=C(NCCN1CCOCC1)Nc1snc(OCc2ccc(C(F)(F)F)cc2F)c1C(=O)O. The summed E-state index contributed by atoms with van der Waals surface area (Å²) in [6.45, 7) is 3.10. The van der Waals surface area contributed by atoms with E-state index in [0.717, 1.165) is 19.2 Å². The molecule has 0 radical (unpaired) electrons. The zero-order valence-corrected chi connectivity index (χ0v) is 17.9. The van der Waals surface area contributed by atoms with Gasteiger partial charge in [0.1, 0.15) is 17.4 Å². The number of amides is 2. The minimum absolute atomic E-state index is 0.103. The fourth-order valence-electron chi connectivity index (χ4n) is 2.93. The molecule has 33 heavy (non-hydrogen) atoms. The topological polar surface area (TPSA) is 113 Å². The van der Waals surface area contributed by atoms with Gasteiger partial charge in [-0.25, -0.2) is 14.0 Å². The molecule has 14 heteroatoms. The van der Waals surface area contributed by atoms with Crippen LogP contribution in [0.4, 0.5) is 27.4 Å². The van der Waals surface area contributed by atoms with Gasteiger partial charge in [0.15, 0.2) is 5.56 Å². The van der Waals surface area contributed by atoms with Crippen molar-refractivity contribution in [2.75, 3.05) is 44.7 Å². The second-order valence-electron chi connectivity index (χ2n) is 6.92. The first-order valence-electron chi connectivity index (χ1n) is 9.71. The van der Waals surface area contributed by atoms with Gasteiger partial charge >= 0.3 is 18.2 Å². The number of carbonyl (C=O) groups is 2. The molecule has 1 aliphatic rings. The summed E-state index contributed by atoms with van der Waals surface area (Å²) in [5.41, 5.74) is -1.83. The van der Waals surface area contributed by atoms with Crippen LogP contribution >= 0.6 is 11.5 Å². The van der Waals surface area contributed by atoms with Crippen molar-refractivity contribution in [2.45, 2.75) is 12.8 Å². The Morgan fingerprint density at radius 2 is 2.00 bits per heavy atom. The number of nitrogens with zero attached hydrogens (tertiary/aromatic N) is 2. The molecule has 2 aromatic rings. The summed E-state index contributed by atoms with van der Waals surface area (Å²) >= 11 is 0.642. The minimum Gasteiger partial charge on any atom is -0.477 e. The van der Waals surface area contributed by atoms with E-state index < -0.39 is 47.6 Å². The summed E-state index contributed by atoms with van der Waals surface area (Å²) in [6, 6.07) is 1.27. The Labute approximate surface area is 189 Å². The number of aromatic carboxylic acids is 1. The molecule has 9 nitrogen and oxygen atoms in total. The molecule has 0 atom stereocenters. The number of alkyl halides is 3. The number of carbonyl (C=O) groups excluding carboxylic acids is 1. The van der Waals surface area contributed by atoms with E-state index in [1.54, 1.807) is 0 Å². The highest BCUT2D eigenvalue weighted by atomic mass is 32.1. The van der Waals surface area contributed by atoms with Crippen molar-refractivity contribution in [1.29, 1.82) is 0 Å². The summed E-state index contributed by atoms with van der Waals surface area (Å²) in [6.07, 6.45) is -4.70. The molecular weight excluding hydrogens is 472 g/mol. The van der Waals surface area contributed by atoms with E-state index in [2.05, 4.69) is 19.9 Å². The Bertz CT molecular complexity index is 995. The third-order valence-corrected chi connectivity index (χ3v) is 5.41. The van der Waals surface area contributed by atoms with Gasteiger partial charge in [-0.05, 0) is 23.7 Å². The lowest BCUT2D eigenvalue weighted by Crippen LogP contribution is -2.42. The largest absolute Gasteiger partial charge is 0.477 e. The van der Waals surface area contributed by atoms with Crippen molar-refractivity contribution in [2.24, 2.45) is 0 Å². The highest BCUT2D eigenvalue weighted by molar-refractivity contribution is 7.11. The van der Waals surface area contributed by atoms with Gasteiger partial charge in [0.25, 0.3) is 0 Å². The monoisotopic (exact) mass is 492 g/mol. The smallest absolute Gasteiger partial charge is 0.416 e. The number of halogens is 4. The van der Waals surface area contributed by atoms with Gasteiger partial charge in [-0.3, -0.25) is 10.2 Å². The van der Waals surface area contributed by atoms with Gasteiger partial charge in [-0.2, -0.15) is 17.5 Å². The second kappa shape index (κ2) is 10.8. The number of hydrogen-bond donors (Lipinski definition) is 3. The standard InChI is InChI=1S/C19H20F4N4O5S/c20-13-9-12(19(21,22)23)2-1-11(13)10-32-15-14(17(28)29)16(33-26-15)25-18(30)24-3-4-27-5-7-31-8-6-27/h1-2,9H,3-8,10H2,(H,28,29)(H2,24,25,30). The molecule has 2 amide bonds. The highest BCUT2D eigenvalue weighted by Gasteiger charge is 2.31. The Hall–Kier alpha value is -2.97. The molecule has 0 saturated carbocycles. The van der Waals surface area contributed by atoms with E-state index in [-0.39, 0.29) is 10.6 Å². The third kappa shape index (κ3) is 6.76. The molecule has 3 rings (SSSR count). The molecule has 0 bridgehead atoms.